The van der Waals surface area contributed by atoms with Crippen molar-refractivity contribution in [2.75, 3.05) is 18.6 Å². The highest BCUT2D eigenvalue weighted by Crippen LogP contribution is 2.29. The molecule has 0 aromatic heterocycles. The highest BCUT2D eigenvalue weighted by atomic mass is 32.2. The molecule has 1 atom stereocenters. The summed E-state index contributed by atoms with van der Waals surface area (Å²) < 4.78 is 0. The Hall–Kier alpha value is -0.470. The molecule has 0 saturated heterocycles. The van der Waals surface area contributed by atoms with Crippen LogP contribution < -0.4 is 5.32 Å². The number of rotatable bonds is 5. The predicted molar refractivity (Wildman–Crippen MR) is 73.1 cm³/mol. The van der Waals surface area contributed by atoms with E-state index in [1.165, 1.54) is 37.0 Å². The van der Waals surface area contributed by atoms with Crippen molar-refractivity contribution in [2.45, 2.75) is 31.7 Å². The van der Waals surface area contributed by atoms with Crippen molar-refractivity contribution in [3.05, 3.63) is 35.4 Å². The predicted octanol–water partition coefficient (Wildman–Crippen LogP) is 3.41. The second kappa shape index (κ2) is 6.31. The molecule has 0 aliphatic heterocycles. The normalized spacial score (nSPS) is 19.4. The quantitative estimate of drug-likeness (QED) is 0.785. The summed E-state index contributed by atoms with van der Waals surface area (Å²) >= 11 is 1.93. The van der Waals surface area contributed by atoms with Gasteiger partial charge >= 0.3 is 0 Å². The smallest absolute Gasteiger partial charge is 0.0323 e. The lowest BCUT2D eigenvalue weighted by Gasteiger charge is -2.26. The van der Waals surface area contributed by atoms with E-state index in [0.717, 1.165) is 6.54 Å². The van der Waals surface area contributed by atoms with Crippen LogP contribution in [0.5, 0.6) is 0 Å². The third kappa shape index (κ3) is 3.02. The summed E-state index contributed by atoms with van der Waals surface area (Å²) in [6.07, 6.45) is 7.35. The molecule has 88 valence electrons. The average Bonchev–Trinajstić information content (AvgIpc) is 2.35. The van der Waals surface area contributed by atoms with Crippen LogP contribution in [-0.4, -0.2) is 18.6 Å². The van der Waals surface area contributed by atoms with Gasteiger partial charge < -0.3 is 5.32 Å². The zero-order chi connectivity index (χ0) is 11.2. The average molecular weight is 235 g/mol. The van der Waals surface area contributed by atoms with Crippen molar-refractivity contribution < 1.29 is 0 Å². The Bertz CT molecular complexity index is 324. The van der Waals surface area contributed by atoms with Crippen LogP contribution in [0.4, 0.5) is 0 Å². The van der Waals surface area contributed by atoms with Crippen LogP contribution in [0.3, 0.4) is 0 Å². The van der Waals surface area contributed by atoms with Crippen molar-refractivity contribution >= 4 is 11.8 Å². The van der Waals surface area contributed by atoms with Gasteiger partial charge in [-0.1, -0.05) is 24.3 Å². The maximum absolute atomic E-state index is 3.70. The third-order valence-electron chi connectivity index (χ3n) is 3.29. The van der Waals surface area contributed by atoms with E-state index in [4.69, 9.17) is 0 Å². The standard InChI is InChI=1S/C14H21NS/c1-16-11-5-10-15-14-9-4-7-12-6-2-3-8-13(12)14/h2-3,6,8,14-15H,4-5,7,9-11H2,1H3. The zero-order valence-corrected chi connectivity index (χ0v) is 10.9. The molecule has 1 aliphatic rings. The van der Waals surface area contributed by atoms with Gasteiger partial charge in [0, 0.05) is 6.04 Å². The van der Waals surface area contributed by atoms with Gasteiger partial charge in [0.05, 0.1) is 0 Å². The number of benzene rings is 1. The van der Waals surface area contributed by atoms with Crippen LogP contribution >= 0.6 is 11.8 Å². The number of thioether (sulfide) groups is 1. The monoisotopic (exact) mass is 235 g/mol. The fourth-order valence-corrected chi connectivity index (χ4v) is 2.89. The molecule has 1 aromatic carbocycles. The molecule has 0 radical (unpaired) electrons. The van der Waals surface area contributed by atoms with Gasteiger partial charge in [0.25, 0.3) is 0 Å². The van der Waals surface area contributed by atoms with E-state index >= 15 is 0 Å². The van der Waals surface area contributed by atoms with Gasteiger partial charge in [-0.15, -0.1) is 0 Å². The van der Waals surface area contributed by atoms with E-state index in [1.54, 1.807) is 5.56 Å². The van der Waals surface area contributed by atoms with Crippen LogP contribution in [-0.2, 0) is 6.42 Å². The van der Waals surface area contributed by atoms with Gasteiger partial charge in [0.1, 0.15) is 0 Å². The molecule has 1 aliphatic carbocycles. The van der Waals surface area contributed by atoms with Crippen LogP contribution in [0, 0.1) is 0 Å². The van der Waals surface area contributed by atoms with E-state index in [-0.39, 0.29) is 0 Å². The molecule has 0 fully saturated rings. The van der Waals surface area contributed by atoms with Gasteiger partial charge in [-0.05, 0) is 55.4 Å². The van der Waals surface area contributed by atoms with Gasteiger partial charge in [0.15, 0.2) is 0 Å². The van der Waals surface area contributed by atoms with Crippen LogP contribution in [0.1, 0.15) is 36.4 Å². The number of nitrogens with one attached hydrogen (secondary N) is 1. The minimum absolute atomic E-state index is 0.604. The Balaban J connectivity index is 1.91. The zero-order valence-electron chi connectivity index (χ0n) is 10.0. The second-order valence-electron chi connectivity index (χ2n) is 4.44. The summed E-state index contributed by atoms with van der Waals surface area (Å²) in [5, 5.41) is 3.70. The Morgan fingerprint density at radius 1 is 1.38 bits per heavy atom. The summed E-state index contributed by atoms with van der Waals surface area (Å²) in [5.41, 5.74) is 3.09. The molecule has 0 amide bonds. The van der Waals surface area contributed by atoms with E-state index in [0.29, 0.717) is 6.04 Å². The summed E-state index contributed by atoms with van der Waals surface area (Å²) in [4.78, 5) is 0. The fourth-order valence-electron chi connectivity index (χ4n) is 2.46. The number of aryl methyl sites for hydroxylation is 1. The van der Waals surface area contributed by atoms with Crippen LogP contribution in [0.25, 0.3) is 0 Å². The van der Waals surface area contributed by atoms with Crippen LogP contribution in [0.2, 0.25) is 0 Å². The largest absolute Gasteiger partial charge is 0.310 e. The molecule has 0 saturated carbocycles. The summed E-state index contributed by atoms with van der Waals surface area (Å²) in [6, 6.07) is 9.51. The van der Waals surface area contributed by atoms with Crippen LogP contribution in [0.15, 0.2) is 24.3 Å². The Labute approximate surface area is 103 Å². The maximum atomic E-state index is 3.70. The third-order valence-corrected chi connectivity index (χ3v) is 3.98. The van der Waals surface area contributed by atoms with Crippen molar-refractivity contribution in [3.63, 3.8) is 0 Å². The fraction of sp³-hybridized carbons (Fsp3) is 0.571. The topological polar surface area (TPSA) is 12.0 Å². The Morgan fingerprint density at radius 3 is 3.12 bits per heavy atom. The SMILES string of the molecule is CSCCCNC1CCCc2ccccc21. The molecule has 16 heavy (non-hydrogen) atoms. The Kier molecular flexibility index (Phi) is 4.73. The Morgan fingerprint density at radius 2 is 2.25 bits per heavy atom. The first-order valence-corrected chi connectivity index (χ1v) is 7.61. The molecular weight excluding hydrogens is 214 g/mol. The first-order chi connectivity index (χ1) is 7.92. The molecule has 0 spiro atoms. The summed E-state index contributed by atoms with van der Waals surface area (Å²) in [6.45, 7) is 1.15. The molecule has 2 heteroatoms. The number of fused-ring (bicyclic) bond motifs is 1. The second-order valence-corrected chi connectivity index (χ2v) is 5.43. The molecule has 1 unspecified atom stereocenters. The van der Waals surface area contributed by atoms with Crippen molar-refractivity contribution in [1.82, 2.24) is 5.32 Å². The lowest BCUT2D eigenvalue weighted by molar-refractivity contribution is 0.461. The van der Waals surface area contributed by atoms with E-state index in [1.807, 2.05) is 11.8 Å². The van der Waals surface area contributed by atoms with E-state index in [2.05, 4.69) is 35.8 Å². The lowest BCUT2D eigenvalue weighted by atomic mass is 9.88. The van der Waals surface area contributed by atoms with Gasteiger partial charge in [-0.25, -0.2) is 0 Å². The maximum Gasteiger partial charge on any atom is 0.0323 e. The summed E-state index contributed by atoms with van der Waals surface area (Å²) in [5.74, 6) is 1.27. The van der Waals surface area contributed by atoms with Crippen molar-refractivity contribution in [1.29, 1.82) is 0 Å². The highest BCUT2D eigenvalue weighted by Gasteiger charge is 2.18. The minimum Gasteiger partial charge on any atom is -0.310 e. The lowest BCUT2D eigenvalue weighted by Crippen LogP contribution is -2.26. The van der Waals surface area contributed by atoms with Crippen molar-refractivity contribution in [3.8, 4) is 0 Å². The van der Waals surface area contributed by atoms with E-state index in [9.17, 15) is 0 Å². The number of hydrogen-bond donors (Lipinski definition) is 1. The molecule has 0 heterocycles. The van der Waals surface area contributed by atoms with E-state index < -0.39 is 0 Å². The number of hydrogen-bond acceptors (Lipinski definition) is 2. The highest BCUT2D eigenvalue weighted by molar-refractivity contribution is 7.98. The van der Waals surface area contributed by atoms with Gasteiger partial charge in [0.2, 0.25) is 0 Å². The summed E-state index contributed by atoms with van der Waals surface area (Å²) in [7, 11) is 0. The first-order valence-electron chi connectivity index (χ1n) is 6.22. The minimum atomic E-state index is 0.604. The molecule has 0 bridgehead atoms. The first kappa shape index (κ1) is 12.0. The molecule has 1 aromatic rings. The van der Waals surface area contributed by atoms with Gasteiger partial charge in [-0.2, -0.15) is 11.8 Å². The molecule has 2 rings (SSSR count). The molecular formula is C14H21NS. The van der Waals surface area contributed by atoms with Gasteiger partial charge in [-0.3, -0.25) is 0 Å². The molecule has 1 nitrogen and oxygen atoms in total. The van der Waals surface area contributed by atoms with Crippen molar-refractivity contribution in [2.24, 2.45) is 0 Å². The molecule has 1 N–H and O–H groups in total.